The average molecular weight is 245 g/mol. The molecule has 0 aliphatic rings. The van der Waals surface area contributed by atoms with Gasteiger partial charge in [-0.2, -0.15) is 0 Å². The van der Waals surface area contributed by atoms with Gasteiger partial charge in [-0.1, -0.05) is 19.1 Å². The summed E-state index contributed by atoms with van der Waals surface area (Å²) >= 11 is 0. The molecule has 1 aromatic heterocycles. The largest absolute Gasteiger partial charge is 0.508 e. The van der Waals surface area contributed by atoms with Crippen LogP contribution in [0.1, 0.15) is 24.6 Å². The van der Waals surface area contributed by atoms with Crippen LogP contribution >= 0.6 is 0 Å². The summed E-state index contributed by atoms with van der Waals surface area (Å²) in [7, 11) is 0. The zero-order valence-electron chi connectivity index (χ0n) is 10.6. The number of benzene rings is 1. The van der Waals surface area contributed by atoms with E-state index in [4.69, 9.17) is 0 Å². The second-order valence-electron chi connectivity index (χ2n) is 4.38. The lowest BCUT2D eigenvalue weighted by atomic mass is 10.2. The summed E-state index contributed by atoms with van der Waals surface area (Å²) in [4.78, 5) is 4.34. The lowest BCUT2D eigenvalue weighted by molar-refractivity contribution is 0.474. The van der Waals surface area contributed by atoms with E-state index in [-0.39, 0.29) is 0 Å². The van der Waals surface area contributed by atoms with E-state index in [9.17, 15) is 5.11 Å². The number of aromatic nitrogens is 2. The van der Waals surface area contributed by atoms with Crippen molar-refractivity contribution in [3.8, 4) is 5.75 Å². The molecule has 0 radical (unpaired) electrons. The second kappa shape index (κ2) is 6.21. The Morgan fingerprint density at radius 3 is 3.06 bits per heavy atom. The van der Waals surface area contributed by atoms with Crippen LogP contribution in [0, 0.1) is 0 Å². The van der Waals surface area contributed by atoms with Crippen LogP contribution in [0.3, 0.4) is 0 Å². The van der Waals surface area contributed by atoms with Crippen LogP contribution in [0.2, 0.25) is 0 Å². The maximum absolute atomic E-state index is 9.40. The molecule has 2 aromatic rings. The summed E-state index contributed by atoms with van der Waals surface area (Å²) < 4.78 is 2.03. The van der Waals surface area contributed by atoms with E-state index in [1.54, 1.807) is 12.1 Å². The fraction of sp³-hybridized carbons (Fsp3) is 0.357. The van der Waals surface area contributed by atoms with Crippen LogP contribution < -0.4 is 5.32 Å². The number of hydrogen-bond acceptors (Lipinski definition) is 3. The Morgan fingerprint density at radius 2 is 2.28 bits per heavy atom. The van der Waals surface area contributed by atoms with Crippen LogP contribution in [-0.4, -0.2) is 21.2 Å². The molecule has 1 aromatic carbocycles. The Labute approximate surface area is 107 Å². The Bertz CT molecular complexity index is 493. The zero-order valence-corrected chi connectivity index (χ0v) is 10.6. The highest BCUT2D eigenvalue weighted by Gasteiger charge is 2.00. The number of nitrogens with one attached hydrogen (secondary N) is 1. The standard InChI is InChI=1S/C14H19N3O/c1-2-6-15-8-13-10-17(11-16-13)9-12-4-3-5-14(18)7-12/h3-5,7,10-11,15,18H,2,6,8-9H2,1H3. The molecule has 96 valence electrons. The van der Waals surface area contributed by atoms with Crippen molar-refractivity contribution in [3.63, 3.8) is 0 Å². The van der Waals surface area contributed by atoms with Crippen molar-refractivity contribution in [2.45, 2.75) is 26.4 Å². The summed E-state index contributed by atoms with van der Waals surface area (Å²) in [6.45, 7) is 4.70. The first-order valence-electron chi connectivity index (χ1n) is 6.27. The second-order valence-corrected chi connectivity index (χ2v) is 4.38. The molecule has 0 bridgehead atoms. The van der Waals surface area contributed by atoms with E-state index in [0.29, 0.717) is 5.75 Å². The third-order valence-corrected chi connectivity index (χ3v) is 2.70. The number of nitrogens with zero attached hydrogens (tertiary/aromatic N) is 2. The van der Waals surface area contributed by atoms with Crippen molar-refractivity contribution in [3.05, 3.63) is 48.0 Å². The van der Waals surface area contributed by atoms with Gasteiger partial charge >= 0.3 is 0 Å². The summed E-state index contributed by atoms with van der Waals surface area (Å²) in [6.07, 6.45) is 4.99. The number of aromatic hydroxyl groups is 1. The Morgan fingerprint density at radius 1 is 1.39 bits per heavy atom. The minimum Gasteiger partial charge on any atom is -0.508 e. The SMILES string of the molecule is CCCNCc1cn(Cc2cccc(O)c2)cn1. The van der Waals surface area contributed by atoms with E-state index >= 15 is 0 Å². The highest BCUT2D eigenvalue weighted by Crippen LogP contribution is 2.12. The van der Waals surface area contributed by atoms with E-state index < -0.39 is 0 Å². The van der Waals surface area contributed by atoms with Gasteiger partial charge in [0.25, 0.3) is 0 Å². The van der Waals surface area contributed by atoms with Crippen molar-refractivity contribution in [1.29, 1.82) is 0 Å². The lowest BCUT2D eigenvalue weighted by Crippen LogP contribution is -2.13. The van der Waals surface area contributed by atoms with Gasteiger partial charge in [-0.3, -0.25) is 0 Å². The topological polar surface area (TPSA) is 50.1 Å². The maximum Gasteiger partial charge on any atom is 0.115 e. The Balaban J connectivity index is 1.94. The fourth-order valence-corrected chi connectivity index (χ4v) is 1.84. The van der Waals surface area contributed by atoms with Crippen LogP contribution in [0.5, 0.6) is 5.75 Å². The van der Waals surface area contributed by atoms with Gasteiger partial charge in [0.2, 0.25) is 0 Å². The Kier molecular flexibility index (Phi) is 4.36. The molecule has 1 heterocycles. The number of phenolic OH excluding ortho intramolecular Hbond substituents is 1. The van der Waals surface area contributed by atoms with Crippen LogP contribution in [0.15, 0.2) is 36.8 Å². The first-order valence-corrected chi connectivity index (χ1v) is 6.27. The van der Waals surface area contributed by atoms with Gasteiger partial charge in [0, 0.05) is 19.3 Å². The predicted molar refractivity (Wildman–Crippen MR) is 71.4 cm³/mol. The molecule has 0 aliphatic carbocycles. The third-order valence-electron chi connectivity index (χ3n) is 2.70. The van der Waals surface area contributed by atoms with E-state index in [0.717, 1.165) is 37.3 Å². The fourth-order valence-electron chi connectivity index (χ4n) is 1.84. The molecule has 0 saturated heterocycles. The molecular weight excluding hydrogens is 226 g/mol. The number of phenols is 1. The molecule has 18 heavy (non-hydrogen) atoms. The lowest BCUT2D eigenvalue weighted by Gasteiger charge is -2.03. The molecule has 2 N–H and O–H groups in total. The summed E-state index contributed by atoms with van der Waals surface area (Å²) in [5.41, 5.74) is 2.11. The predicted octanol–water partition coefficient (Wildman–Crippen LogP) is 2.14. The molecule has 0 saturated carbocycles. The summed E-state index contributed by atoms with van der Waals surface area (Å²) in [5, 5.41) is 12.7. The minimum absolute atomic E-state index is 0.303. The highest BCUT2D eigenvalue weighted by atomic mass is 16.3. The van der Waals surface area contributed by atoms with Crippen LogP contribution in [-0.2, 0) is 13.1 Å². The molecule has 0 unspecified atom stereocenters. The van der Waals surface area contributed by atoms with Gasteiger partial charge in [0.05, 0.1) is 12.0 Å². The van der Waals surface area contributed by atoms with Crippen LogP contribution in [0.4, 0.5) is 0 Å². The molecule has 0 atom stereocenters. The quantitative estimate of drug-likeness (QED) is 0.767. The number of hydrogen-bond donors (Lipinski definition) is 2. The third kappa shape index (κ3) is 3.60. The van der Waals surface area contributed by atoms with Crippen molar-refractivity contribution in [1.82, 2.24) is 14.9 Å². The van der Waals surface area contributed by atoms with Gasteiger partial charge in [-0.15, -0.1) is 0 Å². The molecule has 0 spiro atoms. The first kappa shape index (κ1) is 12.6. The zero-order chi connectivity index (χ0) is 12.8. The van der Waals surface area contributed by atoms with Gasteiger partial charge in [0.1, 0.15) is 5.75 Å². The molecule has 0 amide bonds. The monoisotopic (exact) mass is 245 g/mol. The van der Waals surface area contributed by atoms with Crippen molar-refractivity contribution in [2.24, 2.45) is 0 Å². The molecule has 0 aliphatic heterocycles. The molecule has 4 nitrogen and oxygen atoms in total. The van der Waals surface area contributed by atoms with Crippen molar-refractivity contribution in [2.75, 3.05) is 6.54 Å². The van der Waals surface area contributed by atoms with E-state index in [1.165, 1.54) is 0 Å². The Hall–Kier alpha value is -1.81. The van der Waals surface area contributed by atoms with Crippen molar-refractivity contribution < 1.29 is 5.11 Å². The van der Waals surface area contributed by atoms with E-state index in [1.807, 2.05) is 29.2 Å². The first-order chi connectivity index (χ1) is 8.78. The molecule has 0 fully saturated rings. The highest BCUT2D eigenvalue weighted by molar-refractivity contribution is 5.27. The maximum atomic E-state index is 9.40. The number of rotatable bonds is 6. The number of imidazole rings is 1. The van der Waals surface area contributed by atoms with Gasteiger partial charge in [0.15, 0.2) is 0 Å². The van der Waals surface area contributed by atoms with Crippen molar-refractivity contribution >= 4 is 0 Å². The molecule has 2 rings (SSSR count). The average Bonchev–Trinajstić information content (AvgIpc) is 2.77. The summed E-state index contributed by atoms with van der Waals surface area (Å²) in [5.74, 6) is 0.303. The smallest absolute Gasteiger partial charge is 0.115 e. The van der Waals surface area contributed by atoms with Gasteiger partial charge in [-0.05, 0) is 30.7 Å². The van der Waals surface area contributed by atoms with Gasteiger partial charge < -0.3 is 15.0 Å². The minimum atomic E-state index is 0.303. The van der Waals surface area contributed by atoms with Gasteiger partial charge in [-0.25, -0.2) is 4.98 Å². The van der Waals surface area contributed by atoms with E-state index in [2.05, 4.69) is 17.2 Å². The summed E-state index contributed by atoms with van der Waals surface area (Å²) in [6, 6.07) is 7.30. The normalized spacial score (nSPS) is 10.7. The van der Waals surface area contributed by atoms with Crippen LogP contribution in [0.25, 0.3) is 0 Å². The molecular formula is C14H19N3O. The molecule has 4 heteroatoms.